The summed E-state index contributed by atoms with van der Waals surface area (Å²) in [7, 11) is 1.52. The maximum Gasteiger partial charge on any atom is 0.150 e. The number of phenols is 1. The molecule has 2 aromatic carbocycles. The van der Waals surface area contributed by atoms with E-state index in [0.717, 1.165) is 6.07 Å². The summed E-state index contributed by atoms with van der Waals surface area (Å²) in [5.74, 6) is -0.734. The number of ether oxygens (including phenoxy) is 1. The van der Waals surface area contributed by atoms with Gasteiger partial charge in [-0.1, -0.05) is 0 Å². The van der Waals surface area contributed by atoms with Gasteiger partial charge in [0, 0.05) is 16.1 Å². The summed E-state index contributed by atoms with van der Waals surface area (Å²) < 4.78 is 32.3. The second-order valence-electron chi connectivity index (χ2n) is 4.54. The number of phenolic OH excluding ortho intramolecular Hbond substituents is 1. The Bertz CT molecular complexity index is 641. The third kappa shape index (κ3) is 3.44. The van der Waals surface area contributed by atoms with Crippen LogP contribution >= 0.6 is 15.9 Å². The molecule has 0 fully saturated rings. The van der Waals surface area contributed by atoms with Gasteiger partial charge in [0.25, 0.3) is 0 Å². The second kappa shape index (κ2) is 6.30. The first kappa shape index (κ1) is 15.6. The zero-order valence-corrected chi connectivity index (χ0v) is 13.0. The Labute approximate surface area is 129 Å². The van der Waals surface area contributed by atoms with Gasteiger partial charge in [-0.15, -0.1) is 0 Å². The summed E-state index contributed by atoms with van der Waals surface area (Å²) >= 11 is 3.12. The molecule has 0 amide bonds. The van der Waals surface area contributed by atoms with E-state index in [-0.39, 0.29) is 15.9 Å². The van der Waals surface area contributed by atoms with Crippen LogP contribution in [0.2, 0.25) is 0 Å². The number of rotatable bonds is 4. The van der Waals surface area contributed by atoms with Crippen LogP contribution in [0.15, 0.2) is 34.8 Å². The number of hydrogen-bond acceptors (Lipinski definition) is 3. The summed E-state index contributed by atoms with van der Waals surface area (Å²) in [6.07, 6.45) is 0. The van der Waals surface area contributed by atoms with Gasteiger partial charge in [0.1, 0.15) is 23.1 Å². The van der Waals surface area contributed by atoms with E-state index in [4.69, 9.17) is 4.74 Å². The number of halogens is 3. The average molecular weight is 358 g/mol. The highest BCUT2D eigenvalue weighted by atomic mass is 79.9. The predicted molar refractivity (Wildman–Crippen MR) is 80.8 cm³/mol. The lowest BCUT2D eigenvalue weighted by atomic mass is 10.1. The van der Waals surface area contributed by atoms with Gasteiger partial charge in [-0.25, -0.2) is 8.78 Å². The van der Waals surface area contributed by atoms with E-state index >= 15 is 0 Å². The summed E-state index contributed by atoms with van der Waals surface area (Å²) in [5.41, 5.74) is 0.677. The average Bonchev–Trinajstić information content (AvgIpc) is 2.43. The summed E-state index contributed by atoms with van der Waals surface area (Å²) in [4.78, 5) is 0. The molecule has 0 aliphatic heterocycles. The largest absolute Gasteiger partial charge is 0.508 e. The zero-order chi connectivity index (χ0) is 15.6. The summed E-state index contributed by atoms with van der Waals surface area (Å²) in [5, 5.41) is 12.8. The molecule has 0 aliphatic carbocycles. The van der Waals surface area contributed by atoms with Gasteiger partial charge in [-0.3, -0.25) is 0 Å². The molecule has 21 heavy (non-hydrogen) atoms. The van der Waals surface area contributed by atoms with E-state index in [0.29, 0.717) is 11.3 Å². The molecule has 112 valence electrons. The Morgan fingerprint density at radius 3 is 2.57 bits per heavy atom. The molecule has 0 bridgehead atoms. The van der Waals surface area contributed by atoms with E-state index in [1.807, 2.05) is 0 Å². The highest BCUT2D eigenvalue weighted by Crippen LogP contribution is 2.34. The first-order chi connectivity index (χ1) is 9.92. The molecule has 2 rings (SSSR count). The Morgan fingerprint density at radius 1 is 1.24 bits per heavy atom. The summed E-state index contributed by atoms with van der Waals surface area (Å²) in [6, 6.07) is 6.34. The Morgan fingerprint density at radius 2 is 1.95 bits per heavy atom. The first-order valence-corrected chi connectivity index (χ1v) is 6.99. The molecule has 2 aromatic rings. The number of methoxy groups -OCH3 is 1. The van der Waals surface area contributed by atoms with Gasteiger partial charge in [-0.05, 0) is 47.1 Å². The fraction of sp³-hybridized carbons (Fsp3) is 0.200. The van der Waals surface area contributed by atoms with Crippen LogP contribution in [0.5, 0.6) is 11.5 Å². The van der Waals surface area contributed by atoms with E-state index in [1.165, 1.54) is 19.2 Å². The molecule has 0 aliphatic rings. The zero-order valence-electron chi connectivity index (χ0n) is 11.5. The quantitative estimate of drug-likeness (QED) is 0.839. The number of benzene rings is 2. The van der Waals surface area contributed by atoms with E-state index < -0.39 is 17.7 Å². The van der Waals surface area contributed by atoms with Crippen LogP contribution in [-0.4, -0.2) is 12.2 Å². The van der Waals surface area contributed by atoms with Crippen LogP contribution in [0.3, 0.4) is 0 Å². The predicted octanol–water partition coefficient (Wildman–Crippen LogP) is 4.61. The van der Waals surface area contributed by atoms with Crippen molar-refractivity contribution >= 4 is 21.6 Å². The monoisotopic (exact) mass is 357 g/mol. The Hall–Kier alpha value is -1.82. The number of aromatic hydroxyl groups is 1. The van der Waals surface area contributed by atoms with Crippen molar-refractivity contribution in [1.29, 1.82) is 0 Å². The number of anilines is 1. The lowest BCUT2D eigenvalue weighted by Gasteiger charge is -2.19. The highest BCUT2D eigenvalue weighted by molar-refractivity contribution is 9.10. The lowest BCUT2D eigenvalue weighted by molar-refractivity contribution is 0.410. The van der Waals surface area contributed by atoms with Gasteiger partial charge >= 0.3 is 0 Å². The third-order valence-corrected chi connectivity index (χ3v) is 3.69. The molecule has 0 aromatic heterocycles. The van der Waals surface area contributed by atoms with Crippen LogP contribution < -0.4 is 10.1 Å². The fourth-order valence-corrected chi connectivity index (χ4v) is 2.50. The Kier molecular flexibility index (Phi) is 4.67. The Balaban J connectivity index is 2.32. The van der Waals surface area contributed by atoms with E-state index in [2.05, 4.69) is 21.2 Å². The number of nitrogens with one attached hydrogen (secondary N) is 1. The molecule has 1 atom stereocenters. The highest BCUT2D eigenvalue weighted by Gasteiger charge is 2.16. The topological polar surface area (TPSA) is 41.5 Å². The van der Waals surface area contributed by atoms with Crippen LogP contribution in [0.4, 0.5) is 14.5 Å². The van der Waals surface area contributed by atoms with Gasteiger partial charge < -0.3 is 15.2 Å². The molecule has 6 heteroatoms. The maximum atomic E-state index is 13.8. The molecule has 2 N–H and O–H groups in total. The van der Waals surface area contributed by atoms with Crippen molar-refractivity contribution in [3.63, 3.8) is 0 Å². The molecule has 3 nitrogen and oxygen atoms in total. The first-order valence-electron chi connectivity index (χ1n) is 6.20. The molecule has 0 heterocycles. The second-order valence-corrected chi connectivity index (χ2v) is 5.39. The number of hydrogen-bond donors (Lipinski definition) is 2. The van der Waals surface area contributed by atoms with Crippen molar-refractivity contribution in [3.05, 3.63) is 52.0 Å². The van der Waals surface area contributed by atoms with Crippen LogP contribution in [0.1, 0.15) is 18.5 Å². The minimum atomic E-state index is -0.712. The SMILES string of the molecule is COc1ccc(O)c(C(C)Nc2c(F)cc(F)cc2Br)c1. The van der Waals surface area contributed by atoms with Crippen molar-refractivity contribution in [3.8, 4) is 11.5 Å². The van der Waals surface area contributed by atoms with Gasteiger partial charge in [0.2, 0.25) is 0 Å². The van der Waals surface area contributed by atoms with Crippen molar-refractivity contribution in [2.75, 3.05) is 12.4 Å². The van der Waals surface area contributed by atoms with Crippen LogP contribution in [0.25, 0.3) is 0 Å². The standard InChI is InChI=1S/C15H14BrF2NO2/c1-8(11-7-10(21-2)3-4-14(11)20)19-15-12(16)5-9(17)6-13(15)18/h3-8,19-20H,1-2H3. The molecular weight excluding hydrogens is 344 g/mol. The van der Waals surface area contributed by atoms with Crippen LogP contribution in [0, 0.1) is 11.6 Å². The van der Waals surface area contributed by atoms with Gasteiger partial charge in [-0.2, -0.15) is 0 Å². The van der Waals surface area contributed by atoms with E-state index in [9.17, 15) is 13.9 Å². The minimum Gasteiger partial charge on any atom is -0.508 e. The molecule has 0 spiro atoms. The van der Waals surface area contributed by atoms with Crippen molar-refractivity contribution in [2.45, 2.75) is 13.0 Å². The molecule has 0 saturated carbocycles. The summed E-state index contributed by atoms with van der Waals surface area (Å²) in [6.45, 7) is 1.75. The normalized spacial score (nSPS) is 12.0. The molecule has 1 unspecified atom stereocenters. The molecule has 0 saturated heterocycles. The van der Waals surface area contributed by atoms with Gasteiger partial charge in [0.15, 0.2) is 0 Å². The van der Waals surface area contributed by atoms with E-state index in [1.54, 1.807) is 19.1 Å². The van der Waals surface area contributed by atoms with Crippen molar-refractivity contribution in [1.82, 2.24) is 0 Å². The van der Waals surface area contributed by atoms with Crippen molar-refractivity contribution in [2.24, 2.45) is 0 Å². The van der Waals surface area contributed by atoms with Crippen molar-refractivity contribution < 1.29 is 18.6 Å². The maximum absolute atomic E-state index is 13.8. The van der Waals surface area contributed by atoms with Crippen LogP contribution in [-0.2, 0) is 0 Å². The third-order valence-electron chi connectivity index (χ3n) is 3.07. The van der Waals surface area contributed by atoms with Gasteiger partial charge in [0.05, 0.1) is 18.8 Å². The fourth-order valence-electron chi connectivity index (χ4n) is 1.98. The molecule has 0 radical (unpaired) electrons. The smallest absolute Gasteiger partial charge is 0.150 e. The minimum absolute atomic E-state index is 0.0643. The lowest BCUT2D eigenvalue weighted by Crippen LogP contribution is -2.09. The molecular formula is C15H14BrF2NO2.